The van der Waals surface area contributed by atoms with E-state index in [4.69, 9.17) is 0 Å². The Morgan fingerprint density at radius 2 is 1.67 bits per heavy atom. The van der Waals surface area contributed by atoms with Gasteiger partial charge in [-0.1, -0.05) is 30.3 Å². The first kappa shape index (κ1) is 12.8. The molecule has 2 heteroatoms. The molecule has 1 N–H and O–H groups in total. The summed E-state index contributed by atoms with van der Waals surface area (Å²) in [5.74, 6) is -0.198. The van der Waals surface area contributed by atoms with Gasteiger partial charge in [-0.05, 0) is 55.3 Å². The van der Waals surface area contributed by atoms with Gasteiger partial charge < -0.3 is 5.32 Å². The van der Waals surface area contributed by atoms with E-state index in [2.05, 4.69) is 37.4 Å². The van der Waals surface area contributed by atoms with Crippen LogP contribution in [0.15, 0.2) is 42.5 Å². The number of benzene rings is 2. The Balaban J connectivity index is 2.42. The summed E-state index contributed by atoms with van der Waals surface area (Å²) >= 11 is 0. The molecule has 1 unspecified atom stereocenters. The molecule has 0 radical (unpaired) electrons. The Kier molecular flexibility index (Phi) is 3.78. The summed E-state index contributed by atoms with van der Waals surface area (Å²) in [6, 6.07) is 13.1. The van der Waals surface area contributed by atoms with Crippen LogP contribution in [0.3, 0.4) is 0 Å². The zero-order chi connectivity index (χ0) is 13.1. The minimum absolute atomic E-state index is 0.0278. The van der Waals surface area contributed by atoms with Crippen LogP contribution in [0.1, 0.15) is 28.3 Å². The number of hydrogen-bond donors (Lipinski definition) is 1. The highest BCUT2D eigenvalue weighted by Crippen LogP contribution is 2.24. The maximum atomic E-state index is 13.3. The second-order valence-electron chi connectivity index (χ2n) is 4.62. The van der Waals surface area contributed by atoms with E-state index in [9.17, 15) is 4.39 Å². The molecule has 0 fully saturated rings. The van der Waals surface area contributed by atoms with Crippen LogP contribution < -0.4 is 5.32 Å². The topological polar surface area (TPSA) is 12.0 Å². The summed E-state index contributed by atoms with van der Waals surface area (Å²) < 4.78 is 13.3. The average Bonchev–Trinajstić information content (AvgIpc) is 2.35. The van der Waals surface area contributed by atoms with E-state index in [-0.39, 0.29) is 11.9 Å². The van der Waals surface area contributed by atoms with E-state index >= 15 is 0 Å². The average molecular weight is 243 g/mol. The van der Waals surface area contributed by atoms with Crippen molar-refractivity contribution in [2.75, 3.05) is 7.05 Å². The molecular weight excluding hydrogens is 225 g/mol. The van der Waals surface area contributed by atoms with Gasteiger partial charge in [-0.25, -0.2) is 4.39 Å². The van der Waals surface area contributed by atoms with Gasteiger partial charge in [0.05, 0.1) is 6.04 Å². The Morgan fingerprint density at radius 3 is 2.28 bits per heavy atom. The molecular formula is C16H18FN. The van der Waals surface area contributed by atoms with Crippen LogP contribution in [0.5, 0.6) is 0 Å². The van der Waals surface area contributed by atoms with Crippen molar-refractivity contribution >= 4 is 0 Å². The molecule has 0 aliphatic carbocycles. The van der Waals surface area contributed by atoms with Crippen molar-refractivity contribution in [3.8, 4) is 0 Å². The lowest BCUT2D eigenvalue weighted by atomic mass is 9.96. The van der Waals surface area contributed by atoms with Crippen LogP contribution in [0.2, 0.25) is 0 Å². The first-order valence-corrected chi connectivity index (χ1v) is 6.11. The maximum absolute atomic E-state index is 13.3. The highest BCUT2D eigenvalue weighted by atomic mass is 19.1. The molecule has 2 aromatic rings. The Bertz CT molecular complexity index is 549. The van der Waals surface area contributed by atoms with E-state index in [1.807, 2.05) is 13.1 Å². The van der Waals surface area contributed by atoms with Gasteiger partial charge in [0, 0.05) is 0 Å². The van der Waals surface area contributed by atoms with Crippen LogP contribution in [0.4, 0.5) is 4.39 Å². The van der Waals surface area contributed by atoms with E-state index in [1.165, 1.54) is 17.2 Å². The van der Waals surface area contributed by atoms with Gasteiger partial charge in [-0.15, -0.1) is 0 Å². The Hall–Kier alpha value is -1.67. The largest absolute Gasteiger partial charge is 0.309 e. The lowest BCUT2D eigenvalue weighted by molar-refractivity contribution is 0.616. The van der Waals surface area contributed by atoms with Crippen molar-refractivity contribution in [3.05, 3.63) is 70.5 Å². The van der Waals surface area contributed by atoms with Gasteiger partial charge in [0.1, 0.15) is 5.82 Å². The zero-order valence-electron chi connectivity index (χ0n) is 11.0. The molecule has 2 rings (SSSR count). The summed E-state index contributed by atoms with van der Waals surface area (Å²) in [5.41, 5.74) is 4.63. The molecule has 1 nitrogen and oxygen atoms in total. The van der Waals surface area contributed by atoms with Gasteiger partial charge in [-0.3, -0.25) is 0 Å². The predicted octanol–water partition coefficient (Wildman–Crippen LogP) is 3.75. The third-order valence-corrected chi connectivity index (χ3v) is 3.33. The van der Waals surface area contributed by atoms with Crippen molar-refractivity contribution in [1.29, 1.82) is 0 Å². The van der Waals surface area contributed by atoms with Crippen LogP contribution in [-0.2, 0) is 0 Å². The van der Waals surface area contributed by atoms with Crippen LogP contribution in [0, 0.1) is 19.7 Å². The van der Waals surface area contributed by atoms with Crippen molar-refractivity contribution in [2.24, 2.45) is 0 Å². The van der Waals surface area contributed by atoms with Gasteiger partial charge >= 0.3 is 0 Å². The molecule has 0 amide bonds. The zero-order valence-corrected chi connectivity index (χ0v) is 11.0. The molecule has 0 spiro atoms. The minimum atomic E-state index is -0.198. The fourth-order valence-corrected chi connectivity index (χ4v) is 2.16. The molecule has 0 aliphatic rings. The number of aryl methyl sites for hydroxylation is 2. The Labute approximate surface area is 108 Å². The molecule has 0 aliphatic heterocycles. The Morgan fingerprint density at radius 1 is 0.944 bits per heavy atom. The molecule has 0 heterocycles. The van der Waals surface area contributed by atoms with Crippen molar-refractivity contribution in [1.82, 2.24) is 5.32 Å². The number of nitrogens with one attached hydrogen (secondary N) is 1. The van der Waals surface area contributed by atoms with E-state index in [0.29, 0.717) is 0 Å². The van der Waals surface area contributed by atoms with Crippen LogP contribution in [-0.4, -0.2) is 7.05 Å². The smallest absolute Gasteiger partial charge is 0.123 e. The SMILES string of the molecule is CNC(c1cccc(F)c1)c1ccc(C)c(C)c1. The fourth-order valence-electron chi connectivity index (χ4n) is 2.16. The van der Waals surface area contributed by atoms with Gasteiger partial charge in [0.25, 0.3) is 0 Å². The maximum Gasteiger partial charge on any atom is 0.123 e. The molecule has 2 aromatic carbocycles. The summed E-state index contributed by atoms with van der Waals surface area (Å²) in [6.07, 6.45) is 0. The monoisotopic (exact) mass is 243 g/mol. The summed E-state index contributed by atoms with van der Waals surface area (Å²) in [4.78, 5) is 0. The third kappa shape index (κ3) is 2.59. The predicted molar refractivity (Wildman–Crippen MR) is 73.2 cm³/mol. The molecule has 0 saturated carbocycles. The highest BCUT2D eigenvalue weighted by Gasteiger charge is 2.12. The second-order valence-corrected chi connectivity index (χ2v) is 4.62. The molecule has 94 valence electrons. The summed E-state index contributed by atoms with van der Waals surface area (Å²) in [6.45, 7) is 4.19. The summed E-state index contributed by atoms with van der Waals surface area (Å²) in [7, 11) is 1.89. The van der Waals surface area contributed by atoms with Gasteiger partial charge in [0.15, 0.2) is 0 Å². The third-order valence-electron chi connectivity index (χ3n) is 3.33. The molecule has 0 bridgehead atoms. The number of halogens is 1. The minimum Gasteiger partial charge on any atom is -0.309 e. The van der Waals surface area contributed by atoms with Crippen molar-refractivity contribution in [2.45, 2.75) is 19.9 Å². The van der Waals surface area contributed by atoms with E-state index < -0.39 is 0 Å². The molecule has 0 saturated heterocycles. The number of hydrogen-bond acceptors (Lipinski definition) is 1. The molecule has 0 aromatic heterocycles. The lowest BCUT2D eigenvalue weighted by Crippen LogP contribution is -2.18. The standard InChI is InChI=1S/C16H18FN/c1-11-7-8-14(9-12(11)2)16(18-3)13-5-4-6-15(17)10-13/h4-10,16,18H,1-3H3. The van der Waals surface area contributed by atoms with Crippen molar-refractivity contribution < 1.29 is 4.39 Å². The van der Waals surface area contributed by atoms with Crippen molar-refractivity contribution in [3.63, 3.8) is 0 Å². The van der Waals surface area contributed by atoms with Crippen LogP contribution >= 0.6 is 0 Å². The van der Waals surface area contributed by atoms with Gasteiger partial charge in [-0.2, -0.15) is 0 Å². The molecule has 1 atom stereocenters. The highest BCUT2D eigenvalue weighted by molar-refractivity contribution is 5.37. The lowest BCUT2D eigenvalue weighted by Gasteiger charge is -2.18. The normalized spacial score (nSPS) is 12.4. The first-order valence-electron chi connectivity index (χ1n) is 6.11. The number of rotatable bonds is 3. The van der Waals surface area contributed by atoms with Crippen LogP contribution in [0.25, 0.3) is 0 Å². The summed E-state index contributed by atoms with van der Waals surface area (Å²) in [5, 5.41) is 3.24. The quantitative estimate of drug-likeness (QED) is 0.865. The first-order chi connectivity index (χ1) is 8.61. The fraction of sp³-hybridized carbons (Fsp3) is 0.250. The molecule has 18 heavy (non-hydrogen) atoms. The van der Waals surface area contributed by atoms with E-state index in [0.717, 1.165) is 11.1 Å². The van der Waals surface area contributed by atoms with E-state index in [1.54, 1.807) is 12.1 Å². The second kappa shape index (κ2) is 5.32. The van der Waals surface area contributed by atoms with Gasteiger partial charge in [0.2, 0.25) is 0 Å².